The number of hydrogen-bond donors (Lipinski definition) is 1. The molecule has 5 nitrogen and oxygen atoms in total. The van der Waals surface area contributed by atoms with E-state index in [1.165, 1.54) is 26.5 Å². The summed E-state index contributed by atoms with van der Waals surface area (Å²) in [4.78, 5) is 12.1. The molecule has 0 aliphatic carbocycles. The first-order chi connectivity index (χ1) is 13.5. The summed E-state index contributed by atoms with van der Waals surface area (Å²) in [5.41, 5.74) is 2.10. The Bertz CT molecular complexity index is 835. The minimum absolute atomic E-state index is 0.159. The fourth-order valence-corrected chi connectivity index (χ4v) is 2.59. The second kappa shape index (κ2) is 10.3. The van der Waals surface area contributed by atoms with Crippen molar-refractivity contribution in [1.29, 1.82) is 0 Å². The Morgan fingerprint density at radius 2 is 1.96 bits per heavy atom. The minimum Gasteiger partial charge on any atom is -0.503 e. The molecule has 0 heterocycles. The van der Waals surface area contributed by atoms with Gasteiger partial charge in [-0.25, -0.2) is 9.18 Å². The maximum atomic E-state index is 14.3. The van der Waals surface area contributed by atoms with Gasteiger partial charge in [-0.3, -0.25) is 0 Å². The number of carbonyl (C=O) groups excluding carboxylic acids is 1. The fourth-order valence-electron chi connectivity index (χ4n) is 2.59. The van der Waals surface area contributed by atoms with Gasteiger partial charge in [0.05, 0.1) is 26.2 Å². The number of ether oxygens (including phenoxy) is 3. The number of benzene rings is 2. The van der Waals surface area contributed by atoms with Crippen LogP contribution in [0.3, 0.4) is 0 Å². The molecule has 6 heteroatoms. The highest BCUT2D eigenvalue weighted by Gasteiger charge is 2.17. The molecule has 1 N–H and O–H groups in total. The van der Waals surface area contributed by atoms with Crippen LogP contribution in [-0.4, -0.2) is 26.2 Å². The molecule has 1 atom stereocenters. The number of esters is 1. The van der Waals surface area contributed by atoms with Crippen LogP contribution in [0, 0.1) is 5.82 Å². The lowest BCUT2D eigenvalue weighted by Gasteiger charge is -2.15. The van der Waals surface area contributed by atoms with Gasteiger partial charge in [0.15, 0.2) is 0 Å². The lowest BCUT2D eigenvalue weighted by molar-refractivity contribution is -0.133. The van der Waals surface area contributed by atoms with Crippen molar-refractivity contribution in [1.82, 2.24) is 0 Å². The van der Waals surface area contributed by atoms with Crippen LogP contribution >= 0.6 is 0 Å². The Balaban J connectivity index is 2.18. The Hall–Kier alpha value is -3.02. The Kier molecular flexibility index (Phi) is 7.87. The predicted octanol–water partition coefficient (Wildman–Crippen LogP) is 4.78. The van der Waals surface area contributed by atoms with E-state index >= 15 is 0 Å². The zero-order chi connectivity index (χ0) is 20.5. The zero-order valence-corrected chi connectivity index (χ0v) is 16.6. The Labute approximate surface area is 165 Å². The van der Waals surface area contributed by atoms with Crippen molar-refractivity contribution in [3.63, 3.8) is 0 Å². The first-order valence-electron chi connectivity index (χ1n) is 9.08. The quantitative estimate of drug-likeness (QED) is 0.381. The predicted molar refractivity (Wildman–Crippen MR) is 108 cm³/mol. The lowest BCUT2D eigenvalue weighted by atomic mass is 10.0. The molecule has 2 aromatic rings. The molecule has 0 aromatic heterocycles. The average molecular weight is 387 g/mol. The van der Waals surface area contributed by atoms with E-state index in [1.807, 2.05) is 26.0 Å². The summed E-state index contributed by atoms with van der Waals surface area (Å²) in [6.45, 7) is 4.18. The first-order valence-corrected chi connectivity index (χ1v) is 9.08. The maximum absolute atomic E-state index is 14.3. The number of anilines is 1. The van der Waals surface area contributed by atoms with Crippen LogP contribution in [0.4, 0.5) is 10.1 Å². The molecular weight excluding hydrogens is 361 g/mol. The minimum atomic E-state index is -0.513. The molecule has 28 heavy (non-hydrogen) atoms. The third kappa shape index (κ3) is 5.49. The molecule has 0 bridgehead atoms. The van der Waals surface area contributed by atoms with Gasteiger partial charge in [-0.2, -0.15) is 0 Å². The van der Waals surface area contributed by atoms with E-state index in [4.69, 9.17) is 14.2 Å². The molecule has 0 aliphatic heterocycles. The number of nitrogens with one attached hydrogen (secondary N) is 1. The van der Waals surface area contributed by atoms with Gasteiger partial charge in [-0.1, -0.05) is 31.2 Å². The summed E-state index contributed by atoms with van der Waals surface area (Å²) in [5, 5.41) is 3.11. The standard InChI is InChI=1S/C22H26FNO4/c1-5-15(2)24-21-11-10-17(12-20(21)23)28-13-16-8-6-7-9-18(16)19(14-26-3)22(25)27-4/h6-12,14-15,24H,5,13H2,1-4H3/b19-14+. The number of halogens is 1. The van der Waals surface area contributed by atoms with E-state index in [1.54, 1.807) is 24.3 Å². The topological polar surface area (TPSA) is 56.8 Å². The van der Waals surface area contributed by atoms with Crippen molar-refractivity contribution in [3.05, 3.63) is 65.7 Å². The van der Waals surface area contributed by atoms with Crippen molar-refractivity contribution in [3.8, 4) is 5.75 Å². The molecule has 0 fully saturated rings. The van der Waals surface area contributed by atoms with Gasteiger partial charge in [0.25, 0.3) is 0 Å². The van der Waals surface area contributed by atoms with Crippen LogP contribution in [0.2, 0.25) is 0 Å². The number of rotatable bonds is 9. The summed E-state index contributed by atoms with van der Waals surface area (Å²) in [7, 11) is 2.77. The van der Waals surface area contributed by atoms with E-state index in [-0.39, 0.29) is 24.0 Å². The highest BCUT2D eigenvalue weighted by Crippen LogP contribution is 2.25. The second-order valence-electron chi connectivity index (χ2n) is 6.30. The van der Waals surface area contributed by atoms with Gasteiger partial charge in [-0.05, 0) is 36.6 Å². The van der Waals surface area contributed by atoms with Crippen molar-refractivity contribution >= 4 is 17.2 Å². The number of hydrogen-bond acceptors (Lipinski definition) is 5. The largest absolute Gasteiger partial charge is 0.503 e. The maximum Gasteiger partial charge on any atom is 0.341 e. The van der Waals surface area contributed by atoms with E-state index in [9.17, 15) is 9.18 Å². The summed E-state index contributed by atoms with van der Waals surface area (Å²) in [6, 6.07) is 12.1. The molecule has 2 rings (SSSR count). The summed E-state index contributed by atoms with van der Waals surface area (Å²) in [6.07, 6.45) is 2.23. The second-order valence-corrected chi connectivity index (χ2v) is 6.30. The van der Waals surface area contributed by atoms with Gasteiger partial charge < -0.3 is 19.5 Å². The van der Waals surface area contributed by atoms with E-state index in [0.717, 1.165) is 12.0 Å². The molecule has 0 amide bonds. The monoisotopic (exact) mass is 387 g/mol. The first kappa shape index (κ1) is 21.3. The van der Waals surface area contributed by atoms with E-state index in [0.29, 0.717) is 17.0 Å². The van der Waals surface area contributed by atoms with Crippen molar-refractivity contribution in [2.24, 2.45) is 0 Å². The van der Waals surface area contributed by atoms with Gasteiger partial charge in [0.2, 0.25) is 0 Å². The normalized spacial score (nSPS) is 12.2. The smallest absolute Gasteiger partial charge is 0.341 e. The molecule has 0 saturated heterocycles. The van der Waals surface area contributed by atoms with Gasteiger partial charge >= 0.3 is 5.97 Å². The zero-order valence-electron chi connectivity index (χ0n) is 16.6. The van der Waals surface area contributed by atoms with Crippen LogP contribution in [0.25, 0.3) is 5.57 Å². The van der Waals surface area contributed by atoms with Gasteiger partial charge in [-0.15, -0.1) is 0 Å². The molecule has 1 unspecified atom stereocenters. The van der Waals surface area contributed by atoms with Crippen LogP contribution in [0.1, 0.15) is 31.4 Å². The number of carbonyl (C=O) groups is 1. The summed E-state index contributed by atoms with van der Waals surface area (Å²) >= 11 is 0. The van der Waals surface area contributed by atoms with Crippen molar-refractivity contribution < 1.29 is 23.4 Å². The van der Waals surface area contributed by atoms with Gasteiger partial charge in [0, 0.05) is 12.1 Å². The van der Waals surface area contributed by atoms with Crippen LogP contribution in [0.5, 0.6) is 5.75 Å². The molecule has 0 saturated carbocycles. The fraction of sp³-hybridized carbons (Fsp3) is 0.318. The summed E-state index contributed by atoms with van der Waals surface area (Å²) in [5.74, 6) is -0.487. The molecule has 0 spiro atoms. The molecule has 0 aliphatic rings. The molecular formula is C22H26FNO4. The molecule has 150 valence electrons. The Morgan fingerprint density at radius 1 is 1.21 bits per heavy atom. The average Bonchev–Trinajstić information content (AvgIpc) is 2.71. The Morgan fingerprint density at radius 3 is 2.61 bits per heavy atom. The van der Waals surface area contributed by atoms with E-state index in [2.05, 4.69) is 5.32 Å². The SMILES string of the molecule is CCC(C)Nc1ccc(OCc2ccccc2/C(=C\OC)C(=O)OC)cc1F. The van der Waals surface area contributed by atoms with Crippen LogP contribution < -0.4 is 10.1 Å². The lowest BCUT2D eigenvalue weighted by Crippen LogP contribution is -2.14. The van der Waals surface area contributed by atoms with E-state index < -0.39 is 5.97 Å². The van der Waals surface area contributed by atoms with Crippen LogP contribution in [0.15, 0.2) is 48.7 Å². The van der Waals surface area contributed by atoms with Crippen LogP contribution in [-0.2, 0) is 20.9 Å². The third-order valence-corrected chi connectivity index (χ3v) is 4.30. The third-order valence-electron chi connectivity index (χ3n) is 4.30. The molecule has 2 aromatic carbocycles. The summed E-state index contributed by atoms with van der Waals surface area (Å²) < 4.78 is 29.9. The van der Waals surface area contributed by atoms with Crippen molar-refractivity contribution in [2.75, 3.05) is 19.5 Å². The van der Waals surface area contributed by atoms with Gasteiger partial charge in [0.1, 0.15) is 23.7 Å². The highest BCUT2D eigenvalue weighted by molar-refractivity contribution is 6.16. The van der Waals surface area contributed by atoms with Crippen molar-refractivity contribution in [2.45, 2.75) is 32.9 Å². The molecule has 0 radical (unpaired) electrons. The number of methoxy groups -OCH3 is 2. The highest BCUT2D eigenvalue weighted by atomic mass is 19.1.